The fraction of sp³-hybridized carbons (Fsp3) is 0.909. The quantitative estimate of drug-likeness (QED) is 0.625. The lowest BCUT2D eigenvalue weighted by atomic mass is 9.90. The molecule has 1 aliphatic heterocycles. The van der Waals surface area contributed by atoms with Crippen LogP contribution in [0.2, 0.25) is 0 Å². The van der Waals surface area contributed by atoms with Gasteiger partial charge in [-0.3, -0.25) is 0 Å². The average molecular weight is 182 g/mol. The van der Waals surface area contributed by atoms with Gasteiger partial charge in [0.1, 0.15) is 6.29 Å². The van der Waals surface area contributed by atoms with Gasteiger partial charge in [0.2, 0.25) is 0 Å². The highest BCUT2D eigenvalue weighted by molar-refractivity contribution is 5.66. The Hall–Kier alpha value is -0.370. The molecule has 1 heterocycles. The molecule has 0 aromatic carbocycles. The maximum atomic E-state index is 11.0. The van der Waals surface area contributed by atoms with Crippen molar-refractivity contribution in [3.63, 3.8) is 0 Å². The van der Waals surface area contributed by atoms with Gasteiger partial charge in [0.15, 0.2) is 0 Å². The minimum absolute atomic E-state index is 0.0536. The van der Waals surface area contributed by atoms with Crippen LogP contribution in [0.4, 0.5) is 0 Å². The molecule has 2 nitrogen and oxygen atoms in total. The van der Waals surface area contributed by atoms with E-state index in [0.29, 0.717) is 6.10 Å². The van der Waals surface area contributed by atoms with Crippen molar-refractivity contribution in [2.45, 2.75) is 45.6 Å². The standard InChI is InChI=1S/C11H18O2/c1-10(2)7-11(10,8-12)6-9-4-3-5-13-9/h8-9H,3-7H2,1-2H3. The molecule has 2 unspecified atom stereocenters. The summed E-state index contributed by atoms with van der Waals surface area (Å²) >= 11 is 0. The van der Waals surface area contributed by atoms with Crippen LogP contribution in [0.25, 0.3) is 0 Å². The molecule has 0 spiro atoms. The molecule has 1 aliphatic carbocycles. The van der Waals surface area contributed by atoms with E-state index < -0.39 is 0 Å². The number of aldehydes is 1. The Morgan fingerprint density at radius 2 is 2.23 bits per heavy atom. The van der Waals surface area contributed by atoms with Gasteiger partial charge in [-0.25, -0.2) is 0 Å². The summed E-state index contributed by atoms with van der Waals surface area (Å²) in [5, 5.41) is 0. The van der Waals surface area contributed by atoms with Gasteiger partial charge in [0.25, 0.3) is 0 Å². The summed E-state index contributed by atoms with van der Waals surface area (Å²) in [6.45, 7) is 5.24. The molecule has 2 heteroatoms. The average Bonchev–Trinajstić information content (AvgIpc) is 2.52. The van der Waals surface area contributed by atoms with Crippen molar-refractivity contribution < 1.29 is 9.53 Å². The van der Waals surface area contributed by atoms with Crippen LogP contribution in [0.1, 0.15) is 39.5 Å². The molecule has 13 heavy (non-hydrogen) atoms. The zero-order valence-electron chi connectivity index (χ0n) is 8.51. The Morgan fingerprint density at radius 1 is 1.54 bits per heavy atom. The van der Waals surface area contributed by atoms with Crippen LogP contribution in [0.15, 0.2) is 0 Å². The van der Waals surface area contributed by atoms with Crippen LogP contribution >= 0.6 is 0 Å². The van der Waals surface area contributed by atoms with E-state index in [1.807, 2.05) is 0 Å². The zero-order valence-corrected chi connectivity index (χ0v) is 8.51. The second-order valence-corrected chi connectivity index (χ2v) is 5.17. The number of ether oxygens (including phenoxy) is 1. The van der Waals surface area contributed by atoms with Gasteiger partial charge in [-0.15, -0.1) is 0 Å². The summed E-state index contributed by atoms with van der Waals surface area (Å²) < 4.78 is 5.57. The van der Waals surface area contributed by atoms with Crippen molar-refractivity contribution in [1.29, 1.82) is 0 Å². The second kappa shape index (κ2) is 2.81. The van der Waals surface area contributed by atoms with Crippen LogP contribution in [-0.4, -0.2) is 19.0 Å². The first-order valence-corrected chi connectivity index (χ1v) is 5.18. The lowest BCUT2D eigenvalue weighted by Crippen LogP contribution is -2.19. The van der Waals surface area contributed by atoms with Crippen molar-refractivity contribution in [2.24, 2.45) is 10.8 Å². The zero-order chi connectivity index (χ0) is 9.53. The minimum atomic E-state index is -0.0536. The van der Waals surface area contributed by atoms with Gasteiger partial charge in [-0.1, -0.05) is 13.8 Å². The molecule has 2 rings (SSSR count). The summed E-state index contributed by atoms with van der Waals surface area (Å²) in [6.07, 6.45) is 5.82. The summed E-state index contributed by atoms with van der Waals surface area (Å²) in [6, 6.07) is 0. The molecule has 74 valence electrons. The predicted octanol–water partition coefficient (Wildman–Crippen LogP) is 2.17. The molecule has 2 fully saturated rings. The fourth-order valence-electron chi connectivity index (χ4n) is 2.55. The normalized spacial score (nSPS) is 41.8. The van der Waals surface area contributed by atoms with Crippen molar-refractivity contribution in [3.8, 4) is 0 Å². The number of carbonyl (C=O) groups is 1. The molecule has 0 radical (unpaired) electrons. The molecule has 1 saturated heterocycles. The summed E-state index contributed by atoms with van der Waals surface area (Å²) in [7, 11) is 0. The van der Waals surface area contributed by atoms with Crippen molar-refractivity contribution in [2.75, 3.05) is 6.61 Å². The molecule has 2 aliphatic rings. The third-order valence-electron chi connectivity index (χ3n) is 3.82. The lowest BCUT2D eigenvalue weighted by Gasteiger charge is -2.17. The molecular weight excluding hydrogens is 164 g/mol. The van der Waals surface area contributed by atoms with Gasteiger partial charge in [0.05, 0.1) is 6.10 Å². The summed E-state index contributed by atoms with van der Waals surface area (Å²) in [5.74, 6) is 0. The van der Waals surface area contributed by atoms with Crippen molar-refractivity contribution >= 4 is 6.29 Å². The summed E-state index contributed by atoms with van der Waals surface area (Å²) in [4.78, 5) is 11.0. The van der Waals surface area contributed by atoms with Crippen LogP contribution in [0.3, 0.4) is 0 Å². The van der Waals surface area contributed by atoms with Crippen LogP contribution in [0.5, 0.6) is 0 Å². The van der Waals surface area contributed by atoms with Crippen LogP contribution < -0.4 is 0 Å². The van der Waals surface area contributed by atoms with E-state index in [-0.39, 0.29) is 10.8 Å². The van der Waals surface area contributed by atoms with Gasteiger partial charge < -0.3 is 9.53 Å². The van der Waals surface area contributed by atoms with E-state index in [2.05, 4.69) is 13.8 Å². The first-order valence-electron chi connectivity index (χ1n) is 5.18. The largest absolute Gasteiger partial charge is 0.378 e. The second-order valence-electron chi connectivity index (χ2n) is 5.17. The smallest absolute Gasteiger partial charge is 0.126 e. The Bertz CT molecular complexity index is 216. The Balaban J connectivity index is 1.96. The van der Waals surface area contributed by atoms with E-state index in [9.17, 15) is 4.79 Å². The van der Waals surface area contributed by atoms with E-state index in [1.165, 1.54) is 6.42 Å². The SMILES string of the molecule is CC1(C)CC1(C=O)CC1CCCO1. The predicted molar refractivity (Wildman–Crippen MR) is 50.5 cm³/mol. The Kier molecular flexibility index (Phi) is 1.99. The van der Waals surface area contributed by atoms with E-state index in [0.717, 1.165) is 32.2 Å². The molecule has 0 N–H and O–H groups in total. The third-order valence-corrected chi connectivity index (χ3v) is 3.82. The first kappa shape index (κ1) is 9.20. The minimum Gasteiger partial charge on any atom is -0.378 e. The maximum absolute atomic E-state index is 11.0. The number of rotatable bonds is 3. The highest BCUT2D eigenvalue weighted by atomic mass is 16.5. The van der Waals surface area contributed by atoms with Gasteiger partial charge in [0, 0.05) is 12.0 Å². The molecular formula is C11H18O2. The Labute approximate surface area is 79.7 Å². The van der Waals surface area contributed by atoms with Gasteiger partial charge in [-0.2, -0.15) is 0 Å². The van der Waals surface area contributed by atoms with Crippen molar-refractivity contribution in [3.05, 3.63) is 0 Å². The first-order chi connectivity index (χ1) is 6.10. The summed E-state index contributed by atoms with van der Waals surface area (Å²) in [5.41, 5.74) is 0.169. The molecule has 0 aromatic rings. The number of hydrogen-bond donors (Lipinski definition) is 0. The monoisotopic (exact) mass is 182 g/mol. The molecule has 0 bridgehead atoms. The topological polar surface area (TPSA) is 26.3 Å². The van der Waals surface area contributed by atoms with Crippen molar-refractivity contribution in [1.82, 2.24) is 0 Å². The molecule has 2 atom stereocenters. The lowest BCUT2D eigenvalue weighted by molar-refractivity contribution is -0.114. The van der Waals surface area contributed by atoms with E-state index >= 15 is 0 Å². The Morgan fingerprint density at radius 3 is 2.62 bits per heavy atom. The third kappa shape index (κ3) is 1.41. The van der Waals surface area contributed by atoms with Gasteiger partial charge in [-0.05, 0) is 31.1 Å². The molecule has 1 saturated carbocycles. The molecule has 0 amide bonds. The molecule has 0 aromatic heterocycles. The maximum Gasteiger partial charge on any atom is 0.126 e. The van der Waals surface area contributed by atoms with Gasteiger partial charge >= 0.3 is 0 Å². The number of carbonyl (C=O) groups excluding carboxylic acids is 1. The van der Waals surface area contributed by atoms with Crippen LogP contribution in [-0.2, 0) is 9.53 Å². The van der Waals surface area contributed by atoms with E-state index in [1.54, 1.807) is 0 Å². The van der Waals surface area contributed by atoms with E-state index in [4.69, 9.17) is 4.74 Å². The highest BCUT2D eigenvalue weighted by Gasteiger charge is 2.61. The highest BCUT2D eigenvalue weighted by Crippen LogP contribution is 2.65. The number of hydrogen-bond acceptors (Lipinski definition) is 2. The van der Waals surface area contributed by atoms with Crippen LogP contribution in [0, 0.1) is 10.8 Å². The fourth-order valence-corrected chi connectivity index (χ4v) is 2.55.